The van der Waals surface area contributed by atoms with Crippen LogP contribution in [0, 0.1) is 0 Å². The zero-order valence-electron chi connectivity index (χ0n) is 13.5. The van der Waals surface area contributed by atoms with Crippen LogP contribution in [0.2, 0.25) is 0 Å². The molecule has 5 nitrogen and oxygen atoms in total. The van der Waals surface area contributed by atoms with Crippen LogP contribution in [0.25, 0.3) is 0 Å². The lowest BCUT2D eigenvalue weighted by Gasteiger charge is -2.40. The Morgan fingerprint density at radius 2 is 2.05 bits per heavy atom. The highest BCUT2D eigenvalue weighted by atomic mass is 15.3. The fourth-order valence-corrected chi connectivity index (χ4v) is 3.08. The lowest BCUT2D eigenvalue weighted by Crippen LogP contribution is -2.52. The molecule has 1 N–H and O–H groups in total. The molecule has 116 valence electrons. The van der Waals surface area contributed by atoms with E-state index in [1.165, 1.54) is 12.8 Å². The molecule has 0 spiro atoms. The molecule has 0 radical (unpaired) electrons. The second-order valence-corrected chi connectivity index (χ2v) is 6.20. The van der Waals surface area contributed by atoms with E-state index in [9.17, 15) is 0 Å². The molecular formula is C16H27N5. The molecular weight excluding hydrogens is 262 g/mol. The summed E-state index contributed by atoms with van der Waals surface area (Å²) in [7, 11) is 0. The highest BCUT2D eigenvalue weighted by molar-refractivity contribution is 5.50. The van der Waals surface area contributed by atoms with Gasteiger partial charge in [-0.15, -0.1) is 0 Å². The molecule has 1 unspecified atom stereocenters. The summed E-state index contributed by atoms with van der Waals surface area (Å²) in [6.07, 6.45) is 2.49. The molecule has 21 heavy (non-hydrogen) atoms. The number of piperazine rings is 1. The van der Waals surface area contributed by atoms with Crippen molar-refractivity contribution in [1.82, 2.24) is 14.9 Å². The van der Waals surface area contributed by atoms with Crippen LogP contribution in [0.1, 0.15) is 45.4 Å². The van der Waals surface area contributed by atoms with E-state index in [-0.39, 0.29) is 0 Å². The minimum Gasteiger partial charge on any atom is -0.370 e. The lowest BCUT2D eigenvalue weighted by molar-refractivity contribution is 0.199. The number of likely N-dealkylation sites (N-methyl/N-ethyl adjacent to an activating group) is 1. The first-order valence-corrected chi connectivity index (χ1v) is 8.33. The van der Waals surface area contributed by atoms with Gasteiger partial charge in [-0.1, -0.05) is 6.92 Å². The van der Waals surface area contributed by atoms with E-state index in [1.807, 2.05) is 0 Å². The van der Waals surface area contributed by atoms with Crippen LogP contribution in [0.5, 0.6) is 0 Å². The summed E-state index contributed by atoms with van der Waals surface area (Å²) in [6.45, 7) is 11.9. The number of hydrogen-bond acceptors (Lipinski definition) is 5. The zero-order valence-corrected chi connectivity index (χ0v) is 13.5. The SMILES string of the molecule is CCNc1cc(N2CCN(CC)C(C)C2)nc(C2CC2)n1. The van der Waals surface area contributed by atoms with Gasteiger partial charge in [-0.3, -0.25) is 4.90 Å². The number of aromatic nitrogens is 2. The molecule has 2 fully saturated rings. The van der Waals surface area contributed by atoms with Crippen molar-refractivity contribution in [3.8, 4) is 0 Å². The summed E-state index contributed by atoms with van der Waals surface area (Å²) < 4.78 is 0. The Morgan fingerprint density at radius 1 is 1.24 bits per heavy atom. The Kier molecular flexibility index (Phi) is 4.29. The number of nitrogens with one attached hydrogen (secondary N) is 1. The number of rotatable bonds is 5. The Labute approximate surface area is 127 Å². The molecule has 2 heterocycles. The Morgan fingerprint density at radius 3 is 2.67 bits per heavy atom. The molecule has 5 heteroatoms. The molecule has 3 rings (SSSR count). The van der Waals surface area contributed by atoms with Crippen molar-refractivity contribution in [3.63, 3.8) is 0 Å². The van der Waals surface area contributed by atoms with Gasteiger partial charge in [-0.25, -0.2) is 9.97 Å². The maximum atomic E-state index is 4.84. The maximum Gasteiger partial charge on any atom is 0.136 e. The average molecular weight is 289 g/mol. The summed E-state index contributed by atoms with van der Waals surface area (Å²) in [6, 6.07) is 2.70. The van der Waals surface area contributed by atoms with Crippen LogP contribution in [0.4, 0.5) is 11.6 Å². The van der Waals surface area contributed by atoms with Gasteiger partial charge < -0.3 is 10.2 Å². The predicted molar refractivity (Wildman–Crippen MR) is 87.1 cm³/mol. The van der Waals surface area contributed by atoms with Crippen LogP contribution in [0.15, 0.2) is 6.07 Å². The first kappa shape index (κ1) is 14.6. The van der Waals surface area contributed by atoms with Crippen LogP contribution in [-0.2, 0) is 0 Å². The first-order chi connectivity index (χ1) is 10.2. The molecule has 1 aromatic rings. The first-order valence-electron chi connectivity index (χ1n) is 8.33. The topological polar surface area (TPSA) is 44.3 Å². The average Bonchev–Trinajstić information content (AvgIpc) is 3.32. The second-order valence-electron chi connectivity index (χ2n) is 6.20. The molecule has 1 aliphatic carbocycles. The lowest BCUT2D eigenvalue weighted by atomic mass is 10.2. The van der Waals surface area contributed by atoms with Gasteiger partial charge in [0.2, 0.25) is 0 Å². The summed E-state index contributed by atoms with van der Waals surface area (Å²) in [5, 5.41) is 3.35. The molecule has 0 amide bonds. The quantitative estimate of drug-likeness (QED) is 0.901. The van der Waals surface area contributed by atoms with Crippen LogP contribution < -0.4 is 10.2 Å². The Bertz CT molecular complexity index is 486. The fraction of sp³-hybridized carbons (Fsp3) is 0.750. The Balaban J connectivity index is 1.80. The highest BCUT2D eigenvalue weighted by Gasteiger charge is 2.29. The summed E-state index contributed by atoms with van der Waals surface area (Å²) >= 11 is 0. The van der Waals surface area contributed by atoms with E-state index in [2.05, 4.69) is 46.9 Å². The summed E-state index contributed by atoms with van der Waals surface area (Å²) in [5.74, 6) is 3.71. The van der Waals surface area contributed by atoms with Crippen molar-refractivity contribution in [2.45, 2.75) is 45.6 Å². The van der Waals surface area contributed by atoms with E-state index in [0.29, 0.717) is 12.0 Å². The third-order valence-corrected chi connectivity index (χ3v) is 4.53. The normalized spacial score (nSPS) is 23.4. The monoisotopic (exact) mass is 289 g/mol. The van der Waals surface area contributed by atoms with Gasteiger partial charge in [-0.2, -0.15) is 0 Å². The maximum absolute atomic E-state index is 4.84. The molecule has 1 saturated heterocycles. The molecule has 1 atom stereocenters. The van der Waals surface area contributed by atoms with Crippen molar-refractivity contribution in [1.29, 1.82) is 0 Å². The van der Waals surface area contributed by atoms with Crippen molar-refractivity contribution in [2.24, 2.45) is 0 Å². The number of anilines is 2. The summed E-state index contributed by atoms with van der Waals surface area (Å²) in [5.41, 5.74) is 0. The molecule has 0 bridgehead atoms. The fourth-order valence-electron chi connectivity index (χ4n) is 3.08. The van der Waals surface area contributed by atoms with Crippen LogP contribution in [0.3, 0.4) is 0 Å². The van der Waals surface area contributed by atoms with E-state index in [0.717, 1.165) is 50.2 Å². The van der Waals surface area contributed by atoms with Crippen molar-refractivity contribution in [2.75, 3.05) is 42.9 Å². The standard InChI is InChI=1S/C16H27N5/c1-4-17-14-10-15(19-16(18-14)13-6-7-13)21-9-8-20(5-2)12(3)11-21/h10,12-13H,4-9,11H2,1-3H3,(H,17,18,19). The predicted octanol–water partition coefficient (Wildman–Crippen LogP) is 2.32. The smallest absolute Gasteiger partial charge is 0.136 e. The largest absolute Gasteiger partial charge is 0.370 e. The van der Waals surface area contributed by atoms with Crippen molar-refractivity contribution < 1.29 is 0 Å². The zero-order chi connectivity index (χ0) is 14.8. The number of hydrogen-bond donors (Lipinski definition) is 1. The van der Waals surface area contributed by atoms with Crippen LogP contribution in [-0.4, -0.2) is 53.6 Å². The van der Waals surface area contributed by atoms with E-state index in [1.54, 1.807) is 0 Å². The Hall–Kier alpha value is -1.36. The molecule has 1 aliphatic heterocycles. The minimum atomic E-state index is 0.589. The van der Waals surface area contributed by atoms with Gasteiger partial charge in [0.1, 0.15) is 17.5 Å². The van der Waals surface area contributed by atoms with Gasteiger partial charge in [0.15, 0.2) is 0 Å². The summed E-state index contributed by atoms with van der Waals surface area (Å²) in [4.78, 5) is 14.5. The number of nitrogens with zero attached hydrogens (tertiary/aromatic N) is 4. The van der Waals surface area contributed by atoms with Gasteiger partial charge in [0.25, 0.3) is 0 Å². The van der Waals surface area contributed by atoms with Crippen LogP contribution >= 0.6 is 0 Å². The molecule has 2 aliphatic rings. The highest BCUT2D eigenvalue weighted by Crippen LogP contribution is 2.39. The third-order valence-electron chi connectivity index (χ3n) is 4.53. The van der Waals surface area contributed by atoms with E-state index < -0.39 is 0 Å². The third kappa shape index (κ3) is 3.28. The molecule has 1 aromatic heterocycles. The van der Waals surface area contributed by atoms with Crippen molar-refractivity contribution >= 4 is 11.6 Å². The second kappa shape index (κ2) is 6.18. The van der Waals surface area contributed by atoms with Gasteiger partial charge >= 0.3 is 0 Å². The van der Waals surface area contributed by atoms with Gasteiger partial charge in [-0.05, 0) is 33.2 Å². The van der Waals surface area contributed by atoms with Gasteiger partial charge in [0.05, 0.1) is 0 Å². The van der Waals surface area contributed by atoms with Crippen molar-refractivity contribution in [3.05, 3.63) is 11.9 Å². The molecule has 0 aromatic carbocycles. The van der Waals surface area contributed by atoms with E-state index in [4.69, 9.17) is 4.98 Å². The minimum absolute atomic E-state index is 0.589. The van der Waals surface area contributed by atoms with Gasteiger partial charge in [0, 0.05) is 44.2 Å². The molecule has 1 saturated carbocycles. The van der Waals surface area contributed by atoms with E-state index >= 15 is 0 Å².